The van der Waals surface area contributed by atoms with Gasteiger partial charge in [0.2, 0.25) is 0 Å². The highest BCUT2D eigenvalue weighted by atomic mass is 127. The second-order valence-corrected chi connectivity index (χ2v) is 7.52. The number of halogens is 1. The number of thioether (sulfide) groups is 1. The van der Waals surface area contributed by atoms with Crippen molar-refractivity contribution in [3.8, 4) is 0 Å². The number of aryl methyl sites for hydroxylation is 2. The molecule has 0 aromatic carbocycles. The maximum Gasteiger partial charge on any atom is 0.191 e. The molecule has 1 aromatic rings. The number of hydrogen-bond donors (Lipinski definition) is 2. The molecular weight excluding hydrogens is 449 g/mol. The zero-order chi connectivity index (χ0) is 16.8. The Labute approximate surface area is 171 Å². The molecule has 3 heterocycles. The van der Waals surface area contributed by atoms with Gasteiger partial charge in [-0.2, -0.15) is 16.9 Å². The predicted octanol–water partition coefficient (Wildman–Crippen LogP) is 1.64. The molecule has 2 N–H and O–H groups in total. The van der Waals surface area contributed by atoms with Crippen LogP contribution in [0.1, 0.15) is 37.5 Å². The minimum atomic E-state index is 0. The summed E-state index contributed by atoms with van der Waals surface area (Å²) in [6.45, 7) is 10.1. The molecule has 0 bridgehead atoms. The summed E-state index contributed by atoms with van der Waals surface area (Å²) in [6.07, 6.45) is 2.20. The molecule has 1 fully saturated rings. The molecule has 0 amide bonds. The molecule has 1 aromatic heterocycles. The van der Waals surface area contributed by atoms with Gasteiger partial charge in [-0.1, -0.05) is 0 Å². The molecule has 0 aliphatic carbocycles. The summed E-state index contributed by atoms with van der Waals surface area (Å²) in [6, 6.07) is 0.198. The largest absolute Gasteiger partial charge is 0.357 e. The van der Waals surface area contributed by atoms with Gasteiger partial charge < -0.3 is 10.6 Å². The predicted molar refractivity (Wildman–Crippen MR) is 115 cm³/mol. The van der Waals surface area contributed by atoms with Crippen molar-refractivity contribution in [1.29, 1.82) is 0 Å². The number of nitrogens with one attached hydrogen (secondary N) is 2. The molecule has 0 spiro atoms. The number of guanidine groups is 1. The second-order valence-electron chi connectivity index (χ2n) is 6.29. The monoisotopic (exact) mass is 479 g/mol. The zero-order valence-corrected chi connectivity index (χ0v) is 18.3. The molecule has 25 heavy (non-hydrogen) atoms. The highest BCUT2D eigenvalue weighted by Gasteiger charge is 2.24. The van der Waals surface area contributed by atoms with Crippen LogP contribution in [0.15, 0.2) is 4.99 Å². The van der Waals surface area contributed by atoms with E-state index in [1.165, 1.54) is 24.6 Å². The van der Waals surface area contributed by atoms with Crippen molar-refractivity contribution in [1.82, 2.24) is 30.3 Å². The zero-order valence-electron chi connectivity index (χ0n) is 15.2. The quantitative estimate of drug-likeness (QED) is 0.380. The van der Waals surface area contributed by atoms with Gasteiger partial charge in [0.15, 0.2) is 5.96 Å². The van der Waals surface area contributed by atoms with Gasteiger partial charge in [-0.05, 0) is 26.7 Å². The fourth-order valence-corrected chi connectivity index (χ4v) is 4.20. The summed E-state index contributed by atoms with van der Waals surface area (Å²) in [5.74, 6) is 5.28. The van der Waals surface area contributed by atoms with Crippen LogP contribution in [-0.4, -0.2) is 69.9 Å². The fraction of sp³-hybridized carbons (Fsp3) is 0.812. The lowest BCUT2D eigenvalue weighted by Gasteiger charge is -2.26. The molecule has 1 unspecified atom stereocenters. The van der Waals surface area contributed by atoms with E-state index >= 15 is 0 Å². The van der Waals surface area contributed by atoms with Gasteiger partial charge in [-0.25, -0.2) is 9.67 Å². The number of aliphatic imine (C=N–C) groups is 1. The fourth-order valence-electron chi connectivity index (χ4n) is 3.22. The maximum atomic E-state index is 4.77. The van der Waals surface area contributed by atoms with Crippen molar-refractivity contribution in [2.45, 2.75) is 39.3 Å². The van der Waals surface area contributed by atoms with Crippen molar-refractivity contribution in [3.63, 3.8) is 0 Å². The molecule has 2 aliphatic rings. The van der Waals surface area contributed by atoms with Crippen LogP contribution in [0.5, 0.6) is 0 Å². The van der Waals surface area contributed by atoms with Gasteiger partial charge in [0.05, 0.1) is 12.6 Å². The Morgan fingerprint density at radius 1 is 1.32 bits per heavy atom. The van der Waals surface area contributed by atoms with Gasteiger partial charge in [0.25, 0.3) is 0 Å². The molecule has 0 radical (unpaired) electrons. The number of nitrogens with zero attached hydrogens (tertiary/aromatic N) is 5. The smallest absolute Gasteiger partial charge is 0.191 e. The van der Waals surface area contributed by atoms with Crippen molar-refractivity contribution in [3.05, 3.63) is 11.6 Å². The third kappa shape index (κ3) is 5.99. The first-order chi connectivity index (χ1) is 11.8. The summed E-state index contributed by atoms with van der Waals surface area (Å²) < 4.78 is 2.03. The molecule has 7 nitrogen and oxygen atoms in total. The highest BCUT2D eigenvalue weighted by molar-refractivity contribution is 14.0. The standard InChI is InChI=1S/C16H29N7S.HI/c1-3-17-16(18-6-8-22-9-11-24-12-10-22)20-14-5-4-7-23-15(14)19-13(2)21-23;/h14H,3-12H2,1-2H3,(H2,17,18,20);1H. The number of aromatic nitrogens is 3. The Morgan fingerprint density at radius 3 is 2.88 bits per heavy atom. The normalized spacial score (nSPS) is 21.4. The van der Waals surface area contributed by atoms with Crippen LogP contribution < -0.4 is 10.6 Å². The molecule has 142 valence electrons. The number of hydrogen-bond acceptors (Lipinski definition) is 5. The van der Waals surface area contributed by atoms with Crippen molar-refractivity contribution in [2.75, 3.05) is 44.2 Å². The van der Waals surface area contributed by atoms with E-state index < -0.39 is 0 Å². The van der Waals surface area contributed by atoms with Gasteiger partial charge >= 0.3 is 0 Å². The van der Waals surface area contributed by atoms with Gasteiger partial charge in [-0.3, -0.25) is 9.89 Å². The van der Waals surface area contributed by atoms with E-state index in [1.54, 1.807) is 0 Å². The third-order valence-corrected chi connectivity index (χ3v) is 5.37. The summed E-state index contributed by atoms with van der Waals surface area (Å²) in [5, 5.41) is 11.4. The maximum absolute atomic E-state index is 4.77. The van der Waals surface area contributed by atoms with Crippen LogP contribution in [0.2, 0.25) is 0 Å². The molecule has 2 aliphatic heterocycles. The lowest BCUT2D eigenvalue weighted by molar-refractivity contribution is 0.311. The molecule has 0 saturated carbocycles. The van der Waals surface area contributed by atoms with Gasteiger partial charge in [0, 0.05) is 44.2 Å². The molecule has 1 saturated heterocycles. The topological polar surface area (TPSA) is 70.4 Å². The molecule has 1 atom stereocenters. The Morgan fingerprint density at radius 2 is 2.12 bits per heavy atom. The van der Waals surface area contributed by atoms with E-state index in [9.17, 15) is 0 Å². The summed E-state index contributed by atoms with van der Waals surface area (Å²) >= 11 is 2.05. The lowest BCUT2D eigenvalue weighted by atomic mass is 10.1. The van der Waals surface area contributed by atoms with Crippen LogP contribution >= 0.6 is 35.7 Å². The minimum absolute atomic E-state index is 0. The van der Waals surface area contributed by atoms with E-state index in [0.717, 1.165) is 56.6 Å². The SMILES string of the molecule is CCNC(=NCCN1CCSCC1)NC1CCCn2nc(C)nc21.I. The lowest BCUT2D eigenvalue weighted by Crippen LogP contribution is -2.42. The first-order valence-corrected chi connectivity index (χ1v) is 10.2. The summed E-state index contributed by atoms with van der Waals surface area (Å²) in [7, 11) is 0. The third-order valence-electron chi connectivity index (χ3n) is 4.43. The number of fused-ring (bicyclic) bond motifs is 1. The molecule has 9 heteroatoms. The van der Waals surface area contributed by atoms with Gasteiger partial charge in [0.1, 0.15) is 11.6 Å². The molecule has 3 rings (SSSR count). The van der Waals surface area contributed by atoms with Crippen molar-refractivity contribution in [2.24, 2.45) is 4.99 Å². The van der Waals surface area contributed by atoms with Crippen molar-refractivity contribution >= 4 is 41.7 Å². The van der Waals surface area contributed by atoms with E-state index in [2.05, 4.69) is 32.5 Å². The first-order valence-electron chi connectivity index (χ1n) is 9.02. The summed E-state index contributed by atoms with van der Waals surface area (Å²) in [5.41, 5.74) is 0. The van der Waals surface area contributed by atoms with Crippen LogP contribution in [-0.2, 0) is 6.54 Å². The molecular formula is C16H30IN7S. The Hall–Kier alpha value is -0.550. The van der Waals surface area contributed by atoms with Crippen LogP contribution in [0, 0.1) is 6.92 Å². The Bertz CT molecular complexity index is 557. The van der Waals surface area contributed by atoms with Crippen molar-refractivity contribution < 1.29 is 0 Å². The summed E-state index contributed by atoms with van der Waals surface area (Å²) in [4.78, 5) is 11.9. The van der Waals surface area contributed by atoms with Crippen LogP contribution in [0.3, 0.4) is 0 Å². The van der Waals surface area contributed by atoms with E-state index in [1.807, 2.05) is 23.4 Å². The van der Waals surface area contributed by atoms with Crippen LogP contribution in [0.25, 0.3) is 0 Å². The van der Waals surface area contributed by atoms with Gasteiger partial charge in [-0.15, -0.1) is 24.0 Å². The Balaban J connectivity index is 0.00000225. The van der Waals surface area contributed by atoms with Crippen LogP contribution in [0.4, 0.5) is 0 Å². The average Bonchev–Trinajstić information content (AvgIpc) is 2.97. The minimum Gasteiger partial charge on any atom is -0.357 e. The average molecular weight is 479 g/mol. The second kappa shape index (κ2) is 10.6. The van der Waals surface area contributed by atoms with E-state index in [4.69, 9.17) is 4.99 Å². The first kappa shape index (κ1) is 20.8. The highest BCUT2D eigenvalue weighted by Crippen LogP contribution is 2.22. The van der Waals surface area contributed by atoms with E-state index in [-0.39, 0.29) is 30.0 Å². The number of rotatable bonds is 5. The Kier molecular flexibility index (Phi) is 8.77. The van der Waals surface area contributed by atoms with E-state index in [0.29, 0.717) is 0 Å².